The molecule has 0 heterocycles. The first-order valence-electron chi connectivity index (χ1n) is 10.8. The maximum Gasteiger partial charge on any atom is 0.279 e. The van der Waals surface area contributed by atoms with E-state index in [1.807, 2.05) is 31.2 Å². The number of carbonyl (C=O) groups is 3. The number of para-hydroxylation sites is 1. The zero-order valence-corrected chi connectivity index (χ0v) is 20.4. The lowest BCUT2D eigenvalue weighted by Crippen LogP contribution is -2.48. The molecule has 2 unspecified atom stereocenters. The van der Waals surface area contributed by atoms with Crippen LogP contribution in [0.5, 0.6) is 5.75 Å². The number of ether oxygens (including phenoxy) is 1. The van der Waals surface area contributed by atoms with Gasteiger partial charge in [-0.25, -0.2) is 0 Å². The van der Waals surface area contributed by atoms with Crippen molar-refractivity contribution in [1.82, 2.24) is 10.9 Å². The van der Waals surface area contributed by atoms with Crippen LogP contribution in [-0.2, 0) is 14.4 Å². The standard InChI is InChI=1S/C24H29Cl2N3O4/c1-4-15(3)17-8-6-7-9-21(17)33-20(5-2)24(32)29-28-23(31)13-12-22(30)27-19-11-10-16(25)14-18(19)26/h6-11,14-15,20H,4-5,12-13H2,1-3H3,(H,27,30)(H,28,31)(H,29,32). The fourth-order valence-electron chi connectivity index (χ4n) is 3.00. The Morgan fingerprint density at radius 3 is 2.30 bits per heavy atom. The van der Waals surface area contributed by atoms with E-state index in [2.05, 4.69) is 30.0 Å². The highest BCUT2D eigenvalue weighted by Crippen LogP contribution is 2.29. The van der Waals surface area contributed by atoms with E-state index in [-0.39, 0.29) is 18.8 Å². The average Bonchev–Trinajstić information content (AvgIpc) is 2.81. The number of carbonyl (C=O) groups excluding carboxylic acids is 3. The van der Waals surface area contributed by atoms with E-state index in [1.54, 1.807) is 12.1 Å². The van der Waals surface area contributed by atoms with Crippen molar-refractivity contribution in [3.8, 4) is 5.75 Å². The zero-order valence-electron chi connectivity index (χ0n) is 18.9. The molecular weight excluding hydrogens is 465 g/mol. The van der Waals surface area contributed by atoms with E-state index in [4.69, 9.17) is 27.9 Å². The molecule has 0 saturated heterocycles. The van der Waals surface area contributed by atoms with Crippen molar-refractivity contribution in [2.45, 2.75) is 58.5 Å². The minimum Gasteiger partial charge on any atom is -0.480 e. The van der Waals surface area contributed by atoms with Crippen LogP contribution in [0.2, 0.25) is 10.0 Å². The minimum atomic E-state index is -0.772. The van der Waals surface area contributed by atoms with E-state index in [9.17, 15) is 14.4 Å². The third-order valence-electron chi connectivity index (χ3n) is 5.10. The van der Waals surface area contributed by atoms with Crippen LogP contribution in [0.3, 0.4) is 0 Å². The van der Waals surface area contributed by atoms with Gasteiger partial charge in [-0.15, -0.1) is 0 Å². The van der Waals surface area contributed by atoms with Gasteiger partial charge in [-0.3, -0.25) is 25.2 Å². The predicted octanol–water partition coefficient (Wildman–Crippen LogP) is 5.23. The van der Waals surface area contributed by atoms with Crippen molar-refractivity contribution in [2.24, 2.45) is 0 Å². The minimum absolute atomic E-state index is 0.0867. The van der Waals surface area contributed by atoms with Gasteiger partial charge < -0.3 is 10.1 Å². The molecule has 0 saturated carbocycles. The van der Waals surface area contributed by atoms with Gasteiger partial charge in [-0.05, 0) is 48.6 Å². The van der Waals surface area contributed by atoms with E-state index < -0.39 is 23.8 Å². The summed E-state index contributed by atoms with van der Waals surface area (Å²) >= 11 is 11.8. The molecule has 0 aromatic heterocycles. The molecule has 0 radical (unpaired) electrons. The number of hydrazine groups is 1. The second-order valence-corrected chi connectivity index (χ2v) is 8.42. The summed E-state index contributed by atoms with van der Waals surface area (Å²) < 4.78 is 5.95. The molecule has 9 heteroatoms. The summed E-state index contributed by atoms with van der Waals surface area (Å²) in [7, 11) is 0. The lowest BCUT2D eigenvalue weighted by molar-refractivity contribution is -0.133. The van der Waals surface area contributed by atoms with Gasteiger partial charge in [0.1, 0.15) is 5.75 Å². The van der Waals surface area contributed by atoms with E-state index in [1.165, 1.54) is 6.07 Å². The monoisotopic (exact) mass is 493 g/mol. The maximum atomic E-state index is 12.5. The molecule has 0 aliphatic rings. The first-order valence-corrected chi connectivity index (χ1v) is 11.6. The molecule has 178 valence electrons. The Labute approximate surface area is 204 Å². The van der Waals surface area contributed by atoms with Gasteiger partial charge in [0.05, 0.1) is 10.7 Å². The van der Waals surface area contributed by atoms with E-state index in [0.717, 1.165) is 12.0 Å². The molecule has 33 heavy (non-hydrogen) atoms. The molecule has 0 spiro atoms. The smallest absolute Gasteiger partial charge is 0.279 e. The number of amides is 3. The molecule has 0 aliphatic carbocycles. The van der Waals surface area contributed by atoms with Crippen molar-refractivity contribution in [3.05, 3.63) is 58.1 Å². The van der Waals surface area contributed by atoms with Crippen LogP contribution in [0.15, 0.2) is 42.5 Å². The Balaban J connectivity index is 1.82. The van der Waals surface area contributed by atoms with Crippen LogP contribution < -0.4 is 20.9 Å². The highest BCUT2D eigenvalue weighted by molar-refractivity contribution is 6.36. The normalized spacial score (nSPS) is 12.4. The molecule has 0 fully saturated rings. The Kier molecular flexibility index (Phi) is 10.5. The van der Waals surface area contributed by atoms with Gasteiger partial charge in [0.25, 0.3) is 5.91 Å². The third kappa shape index (κ3) is 8.26. The molecule has 2 aromatic carbocycles. The fraction of sp³-hybridized carbons (Fsp3) is 0.375. The van der Waals surface area contributed by atoms with Gasteiger partial charge in [0.15, 0.2) is 6.10 Å². The Hall–Kier alpha value is -2.77. The van der Waals surface area contributed by atoms with Crippen molar-refractivity contribution < 1.29 is 19.1 Å². The summed E-state index contributed by atoms with van der Waals surface area (Å²) in [5, 5.41) is 3.36. The summed E-state index contributed by atoms with van der Waals surface area (Å²) in [5.41, 5.74) is 6.13. The lowest BCUT2D eigenvalue weighted by atomic mass is 9.98. The van der Waals surface area contributed by atoms with Crippen LogP contribution in [-0.4, -0.2) is 23.8 Å². The molecule has 7 nitrogen and oxygen atoms in total. The maximum absolute atomic E-state index is 12.5. The largest absolute Gasteiger partial charge is 0.480 e. The number of hydrogen-bond acceptors (Lipinski definition) is 4. The molecule has 2 rings (SSSR count). The van der Waals surface area contributed by atoms with Crippen LogP contribution in [0.4, 0.5) is 5.69 Å². The first-order chi connectivity index (χ1) is 15.7. The number of hydrogen-bond donors (Lipinski definition) is 3. The van der Waals surface area contributed by atoms with Gasteiger partial charge in [-0.1, -0.05) is 62.2 Å². The van der Waals surface area contributed by atoms with Gasteiger partial charge in [0.2, 0.25) is 11.8 Å². The van der Waals surface area contributed by atoms with Gasteiger partial charge in [0, 0.05) is 17.9 Å². The SMILES string of the molecule is CCC(Oc1ccccc1C(C)CC)C(=O)NNC(=O)CCC(=O)Nc1ccc(Cl)cc1Cl. The van der Waals surface area contributed by atoms with E-state index >= 15 is 0 Å². The number of anilines is 1. The summed E-state index contributed by atoms with van der Waals surface area (Å²) in [5.74, 6) is -0.428. The highest BCUT2D eigenvalue weighted by Gasteiger charge is 2.21. The summed E-state index contributed by atoms with van der Waals surface area (Å²) in [6, 6.07) is 12.3. The van der Waals surface area contributed by atoms with Crippen LogP contribution >= 0.6 is 23.2 Å². The molecule has 0 aliphatic heterocycles. The summed E-state index contributed by atoms with van der Waals surface area (Å²) in [6.45, 7) is 6.01. The van der Waals surface area contributed by atoms with Crippen LogP contribution in [0.1, 0.15) is 57.9 Å². The van der Waals surface area contributed by atoms with Crippen molar-refractivity contribution in [1.29, 1.82) is 0 Å². The Bertz CT molecular complexity index is 984. The highest BCUT2D eigenvalue weighted by atomic mass is 35.5. The number of benzene rings is 2. The van der Waals surface area contributed by atoms with Crippen molar-refractivity contribution >= 4 is 46.6 Å². The molecule has 2 atom stereocenters. The Morgan fingerprint density at radius 2 is 1.64 bits per heavy atom. The van der Waals surface area contributed by atoms with E-state index in [0.29, 0.717) is 27.9 Å². The van der Waals surface area contributed by atoms with Gasteiger partial charge in [-0.2, -0.15) is 0 Å². The lowest BCUT2D eigenvalue weighted by Gasteiger charge is -2.21. The predicted molar refractivity (Wildman–Crippen MR) is 130 cm³/mol. The molecular formula is C24H29Cl2N3O4. The first kappa shape index (κ1) is 26.5. The average molecular weight is 494 g/mol. The quantitative estimate of drug-likeness (QED) is 0.394. The zero-order chi connectivity index (χ0) is 24.4. The van der Waals surface area contributed by atoms with Crippen molar-refractivity contribution in [3.63, 3.8) is 0 Å². The van der Waals surface area contributed by atoms with Crippen LogP contribution in [0, 0.1) is 0 Å². The second kappa shape index (κ2) is 13.1. The third-order valence-corrected chi connectivity index (χ3v) is 5.65. The molecule has 0 bridgehead atoms. The molecule has 3 N–H and O–H groups in total. The summed E-state index contributed by atoms with van der Waals surface area (Å²) in [4.78, 5) is 36.7. The van der Waals surface area contributed by atoms with Crippen LogP contribution in [0.25, 0.3) is 0 Å². The number of rotatable bonds is 10. The second-order valence-electron chi connectivity index (χ2n) is 7.57. The number of halogens is 2. The Morgan fingerprint density at radius 1 is 0.939 bits per heavy atom. The molecule has 3 amide bonds. The van der Waals surface area contributed by atoms with Gasteiger partial charge >= 0.3 is 0 Å². The fourth-order valence-corrected chi connectivity index (χ4v) is 3.45. The molecule has 2 aromatic rings. The number of nitrogens with one attached hydrogen (secondary N) is 3. The van der Waals surface area contributed by atoms with Crippen molar-refractivity contribution in [2.75, 3.05) is 5.32 Å². The summed E-state index contributed by atoms with van der Waals surface area (Å²) in [6.07, 6.45) is 0.381. The topological polar surface area (TPSA) is 96.5 Å².